The molecule has 0 saturated carbocycles. The highest BCUT2D eigenvalue weighted by molar-refractivity contribution is 9.10. The molecule has 3 heteroatoms. The van der Waals surface area contributed by atoms with E-state index in [1.54, 1.807) is 7.11 Å². The van der Waals surface area contributed by atoms with Gasteiger partial charge in [-0.2, -0.15) is 0 Å². The first-order valence-corrected chi connectivity index (χ1v) is 6.74. The maximum absolute atomic E-state index is 12.0. The van der Waals surface area contributed by atoms with Crippen molar-refractivity contribution in [3.05, 3.63) is 28.2 Å². The molecule has 0 saturated heterocycles. The van der Waals surface area contributed by atoms with Crippen LogP contribution in [0.25, 0.3) is 0 Å². The van der Waals surface area contributed by atoms with Gasteiger partial charge >= 0.3 is 0 Å². The van der Waals surface area contributed by atoms with Gasteiger partial charge in [0.05, 0.1) is 11.6 Å². The van der Waals surface area contributed by atoms with Gasteiger partial charge in [0.2, 0.25) is 0 Å². The van der Waals surface area contributed by atoms with E-state index in [-0.39, 0.29) is 5.78 Å². The van der Waals surface area contributed by atoms with Crippen molar-refractivity contribution in [3.8, 4) is 5.75 Å². The maximum Gasteiger partial charge on any atom is 0.163 e. The molecule has 0 fully saturated rings. The number of ketones is 1. The summed E-state index contributed by atoms with van der Waals surface area (Å²) in [6.45, 7) is 4.27. The van der Waals surface area contributed by atoms with Crippen molar-refractivity contribution in [1.82, 2.24) is 0 Å². The third kappa shape index (κ3) is 4.15. The number of methoxy groups -OCH3 is 1. The number of halogens is 1. The number of hydrogen-bond donors (Lipinski definition) is 0. The van der Waals surface area contributed by atoms with Crippen molar-refractivity contribution in [2.45, 2.75) is 33.1 Å². The number of rotatable bonds is 6. The Labute approximate surface area is 111 Å². The van der Waals surface area contributed by atoms with Crippen molar-refractivity contribution in [2.24, 2.45) is 5.92 Å². The molecule has 1 aromatic rings. The van der Waals surface area contributed by atoms with Crippen LogP contribution >= 0.6 is 15.9 Å². The van der Waals surface area contributed by atoms with Crippen LogP contribution in [-0.4, -0.2) is 12.9 Å². The van der Waals surface area contributed by atoms with Gasteiger partial charge in [0, 0.05) is 12.0 Å². The van der Waals surface area contributed by atoms with Crippen LogP contribution in [0.15, 0.2) is 22.7 Å². The molecule has 1 unspecified atom stereocenters. The minimum atomic E-state index is 0.203. The molecule has 1 rings (SSSR count). The zero-order valence-corrected chi connectivity index (χ0v) is 12.2. The summed E-state index contributed by atoms with van der Waals surface area (Å²) in [5.41, 5.74) is 0.751. The zero-order valence-electron chi connectivity index (χ0n) is 10.6. The van der Waals surface area contributed by atoms with Crippen molar-refractivity contribution in [3.63, 3.8) is 0 Å². The normalized spacial score (nSPS) is 12.2. The van der Waals surface area contributed by atoms with E-state index >= 15 is 0 Å². The van der Waals surface area contributed by atoms with Crippen LogP contribution < -0.4 is 4.74 Å². The van der Waals surface area contributed by atoms with Crippen molar-refractivity contribution in [1.29, 1.82) is 0 Å². The van der Waals surface area contributed by atoms with E-state index in [0.29, 0.717) is 12.3 Å². The van der Waals surface area contributed by atoms with Crippen LogP contribution in [0.5, 0.6) is 5.75 Å². The number of carbonyl (C=O) groups is 1. The Morgan fingerprint density at radius 2 is 2.18 bits per heavy atom. The Kier molecular flexibility index (Phi) is 5.69. The first kappa shape index (κ1) is 14.2. The molecule has 17 heavy (non-hydrogen) atoms. The lowest BCUT2D eigenvalue weighted by Gasteiger charge is -2.10. The summed E-state index contributed by atoms with van der Waals surface area (Å²) in [6, 6.07) is 5.48. The second kappa shape index (κ2) is 6.80. The standard InChI is InChI=1S/C14H19BrO2/c1-4-5-10(2)8-13(16)11-6-7-14(17-3)12(15)9-11/h6-7,9-10H,4-5,8H2,1-3H3. The van der Waals surface area contributed by atoms with E-state index in [4.69, 9.17) is 4.74 Å². The second-order valence-electron chi connectivity index (χ2n) is 4.37. The van der Waals surface area contributed by atoms with Crippen LogP contribution in [0.1, 0.15) is 43.5 Å². The van der Waals surface area contributed by atoms with Crippen molar-refractivity contribution >= 4 is 21.7 Å². The van der Waals surface area contributed by atoms with Gasteiger partial charge < -0.3 is 4.74 Å². The molecule has 0 amide bonds. The number of Topliss-reactive ketones (excluding diaryl/α,β-unsaturated/α-hetero) is 1. The largest absolute Gasteiger partial charge is 0.496 e. The summed E-state index contributed by atoms with van der Waals surface area (Å²) in [5, 5.41) is 0. The summed E-state index contributed by atoms with van der Waals surface area (Å²) < 4.78 is 5.97. The van der Waals surface area contributed by atoms with Gasteiger partial charge in [0.25, 0.3) is 0 Å². The van der Waals surface area contributed by atoms with Crippen LogP contribution in [0.3, 0.4) is 0 Å². The molecule has 0 bridgehead atoms. The third-order valence-corrected chi connectivity index (χ3v) is 3.41. The molecule has 1 atom stereocenters. The summed E-state index contributed by atoms with van der Waals surface area (Å²) in [6.07, 6.45) is 2.84. The fourth-order valence-corrected chi connectivity index (χ4v) is 2.41. The SMILES string of the molecule is CCCC(C)CC(=O)c1ccc(OC)c(Br)c1. The van der Waals surface area contributed by atoms with Gasteiger partial charge in [-0.25, -0.2) is 0 Å². The molecular weight excluding hydrogens is 280 g/mol. The monoisotopic (exact) mass is 298 g/mol. The molecule has 0 N–H and O–H groups in total. The minimum Gasteiger partial charge on any atom is -0.496 e. The highest BCUT2D eigenvalue weighted by Crippen LogP contribution is 2.26. The van der Waals surface area contributed by atoms with E-state index < -0.39 is 0 Å². The molecule has 0 aliphatic heterocycles. The topological polar surface area (TPSA) is 26.3 Å². The van der Waals surface area contributed by atoms with Gasteiger partial charge in [-0.05, 0) is 40.0 Å². The molecule has 0 aromatic heterocycles. The zero-order chi connectivity index (χ0) is 12.8. The third-order valence-electron chi connectivity index (χ3n) is 2.79. The summed E-state index contributed by atoms with van der Waals surface area (Å²) in [4.78, 5) is 12.0. The first-order valence-electron chi connectivity index (χ1n) is 5.95. The van der Waals surface area contributed by atoms with E-state index in [0.717, 1.165) is 28.6 Å². The van der Waals surface area contributed by atoms with Gasteiger partial charge in [0.15, 0.2) is 5.78 Å². The summed E-state index contributed by atoms with van der Waals surface area (Å²) >= 11 is 3.40. The average Bonchev–Trinajstić information content (AvgIpc) is 2.29. The molecular formula is C14H19BrO2. The fourth-order valence-electron chi connectivity index (χ4n) is 1.87. The predicted octanol–water partition coefficient (Wildman–Crippen LogP) is 4.47. The van der Waals surface area contributed by atoms with Gasteiger partial charge in [-0.3, -0.25) is 4.79 Å². The smallest absolute Gasteiger partial charge is 0.163 e. The average molecular weight is 299 g/mol. The highest BCUT2D eigenvalue weighted by Gasteiger charge is 2.12. The van der Waals surface area contributed by atoms with Crippen LogP contribution in [0, 0.1) is 5.92 Å². The lowest BCUT2D eigenvalue weighted by molar-refractivity contribution is 0.0962. The van der Waals surface area contributed by atoms with Gasteiger partial charge in [-0.1, -0.05) is 26.7 Å². The van der Waals surface area contributed by atoms with Crippen LogP contribution in [0.2, 0.25) is 0 Å². The Hall–Kier alpha value is -0.830. The first-order chi connectivity index (χ1) is 8.08. The number of ether oxygens (including phenoxy) is 1. The Morgan fingerprint density at radius 3 is 2.71 bits per heavy atom. The number of hydrogen-bond acceptors (Lipinski definition) is 2. The lowest BCUT2D eigenvalue weighted by atomic mass is 9.96. The molecule has 0 aliphatic rings. The second-order valence-corrected chi connectivity index (χ2v) is 5.22. The van der Waals surface area contributed by atoms with Gasteiger partial charge in [0.1, 0.15) is 5.75 Å². The Balaban J connectivity index is 2.72. The molecule has 0 heterocycles. The summed E-state index contributed by atoms with van der Waals surface area (Å²) in [7, 11) is 1.62. The van der Waals surface area contributed by atoms with E-state index in [2.05, 4.69) is 29.8 Å². The van der Waals surface area contributed by atoms with Crippen molar-refractivity contribution < 1.29 is 9.53 Å². The molecule has 0 radical (unpaired) electrons. The van der Waals surface area contributed by atoms with E-state index in [1.165, 1.54) is 0 Å². The van der Waals surface area contributed by atoms with E-state index in [9.17, 15) is 4.79 Å². The van der Waals surface area contributed by atoms with Crippen molar-refractivity contribution in [2.75, 3.05) is 7.11 Å². The minimum absolute atomic E-state index is 0.203. The molecule has 1 aromatic carbocycles. The number of benzene rings is 1. The van der Waals surface area contributed by atoms with Gasteiger partial charge in [-0.15, -0.1) is 0 Å². The van der Waals surface area contributed by atoms with Crippen LogP contribution in [-0.2, 0) is 0 Å². The van der Waals surface area contributed by atoms with Crippen LogP contribution in [0.4, 0.5) is 0 Å². The quantitative estimate of drug-likeness (QED) is 0.725. The molecule has 0 spiro atoms. The Morgan fingerprint density at radius 1 is 1.47 bits per heavy atom. The molecule has 2 nitrogen and oxygen atoms in total. The summed E-state index contributed by atoms with van der Waals surface area (Å²) in [5.74, 6) is 1.41. The number of carbonyl (C=O) groups excluding carboxylic acids is 1. The predicted molar refractivity (Wildman–Crippen MR) is 73.7 cm³/mol. The fraction of sp³-hybridized carbons (Fsp3) is 0.500. The van der Waals surface area contributed by atoms with E-state index in [1.807, 2.05) is 18.2 Å². The highest BCUT2D eigenvalue weighted by atomic mass is 79.9. The lowest BCUT2D eigenvalue weighted by Crippen LogP contribution is -2.06. The Bertz CT molecular complexity index is 388. The maximum atomic E-state index is 12.0. The molecule has 94 valence electrons. The molecule has 0 aliphatic carbocycles.